The first kappa shape index (κ1) is 20.2. The second-order valence-electron chi connectivity index (χ2n) is 5.52. The molecule has 0 aliphatic heterocycles. The highest BCUT2D eigenvalue weighted by Gasteiger charge is 2.16. The molecule has 2 rings (SSSR count). The average molecular weight is 412 g/mol. The van der Waals surface area contributed by atoms with Crippen molar-refractivity contribution >= 4 is 50.4 Å². The molecule has 0 spiro atoms. The van der Waals surface area contributed by atoms with E-state index in [9.17, 15) is 13.2 Å². The van der Waals surface area contributed by atoms with E-state index < -0.39 is 15.7 Å². The molecule has 0 atom stereocenters. The standard InChI is InChI=1S/C17H18ClN3O3S2/c1-12-2-8-15(9-3-12)26(23,24)11-10-16(22)20-21-17(25)19-14-6-4-13(18)5-7-14/h2-9H,10-11H2,1H3,(H,20,22)(H2,19,21,25). The van der Waals surface area contributed by atoms with E-state index in [1.165, 1.54) is 12.1 Å². The van der Waals surface area contributed by atoms with Crippen LogP contribution in [0.5, 0.6) is 0 Å². The largest absolute Gasteiger partial charge is 0.331 e. The highest BCUT2D eigenvalue weighted by molar-refractivity contribution is 7.91. The van der Waals surface area contributed by atoms with Crippen LogP contribution in [0.4, 0.5) is 5.69 Å². The molecule has 0 fully saturated rings. The molecule has 2 aromatic rings. The van der Waals surface area contributed by atoms with Crippen LogP contribution in [0.1, 0.15) is 12.0 Å². The van der Waals surface area contributed by atoms with E-state index in [0.29, 0.717) is 10.7 Å². The number of rotatable bonds is 5. The second-order valence-corrected chi connectivity index (χ2v) is 8.47. The van der Waals surface area contributed by atoms with Crippen LogP contribution in [0.25, 0.3) is 0 Å². The minimum Gasteiger partial charge on any atom is -0.331 e. The summed E-state index contributed by atoms with van der Waals surface area (Å²) >= 11 is 10.8. The number of aryl methyl sites for hydroxylation is 1. The molecule has 0 saturated carbocycles. The van der Waals surface area contributed by atoms with Gasteiger partial charge in [-0.3, -0.25) is 15.6 Å². The lowest BCUT2D eigenvalue weighted by Crippen LogP contribution is -2.44. The van der Waals surface area contributed by atoms with Crippen LogP contribution >= 0.6 is 23.8 Å². The monoisotopic (exact) mass is 411 g/mol. The number of hydrogen-bond acceptors (Lipinski definition) is 4. The maximum atomic E-state index is 12.2. The van der Waals surface area contributed by atoms with E-state index in [1.54, 1.807) is 36.4 Å². The highest BCUT2D eigenvalue weighted by atomic mass is 35.5. The van der Waals surface area contributed by atoms with Crippen molar-refractivity contribution in [3.8, 4) is 0 Å². The summed E-state index contributed by atoms with van der Waals surface area (Å²) in [5.41, 5.74) is 6.55. The van der Waals surface area contributed by atoms with Crippen molar-refractivity contribution in [1.29, 1.82) is 0 Å². The van der Waals surface area contributed by atoms with Gasteiger partial charge in [0, 0.05) is 17.1 Å². The number of halogens is 1. The van der Waals surface area contributed by atoms with Crippen LogP contribution in [0, 0.1) is 6.92 Å². The van der Waals surface area contributed by atoms with Gasteiger partial charge in [-0.15, -0.1) is 0 Å². The third kappa shape index (κ3) is 6.29. The number of amides is 1. The Balaban J connectivity index is 1.78. The molecule has 0 aliphatic rings. The fourth-order valence-electron chi connectivity index (χ4n) is 1.98. The lowest BCUT2D eigenvalue weighted by Gasteiger charge is -2.12. The van der Waals surface area contributed by atoms with Crippen molar-refractivity contribution in [3.63, 3.8) is 0 Å². The molecule has 26 heavy (non-hydrogen) atoms. The van der Waals surface area contributed by atoms with Crippen LogP contribution in [0.15, 0.2) is 53.4 Å². The molecule has 0 unspecified atom stereocenters. The number of carbonyl (C=O) groups excluding carboxylic acids is 1. The summed E-state index contributed by atoms with van der Waals surface area (Å²) in [6.45, 7) is 1.87. The van der Waals surface area contributed by atoms with E-state index in [2.05, 4.69) is 16.2 Å². The smallest absolute Gasteiger partial charge is 0.239 e. The zero-order chi connectivity index (χ0) is 19.2. The fraction of sp³-hybridized carbons (Fsp3) is 0.176. The Labute approximate surface area is 162 Å². The Bertz CT molecular complexity index is 882. The average Bonchev–Trinajstić information content (AvgIpc) is 2.61. The summed E-state index contributed by atoms with van der Waals surface area (Å²) in [4.78, 5) is 12.0. The van der Waals surface area contributed by atoms with Crippen LogP contribution < -0.4 is 16.2 Å². The Kier molecular flexibility index (Phi) is 6.96. The predicted molar refractivity (Wildman–Crippen MR) is 107 cm³/mol. The summed E-state index contributed by atoms with van der Waals surface area (Å²) in [6, 6.07) is 13.4. The maximum Gasteiger partial charge on any atom is 0.239 e. The first-order valence-corrected chi connectivity index (χ1v) is 10.1. The van der Waals surface area contributed by atoms with Gasteiger partial charge in [-0.1, -0.05) is 29.3 Å². The van der Waals surface area contributed by atoms with E-state index in [1.807, 2.05) is 6.92 Å². The summed E-state index contributed by atoms with van der Waals surface area (Å²) < 4.78 is 24.4. The molecular weight excluding hydrogens is 394 g/mol. The second kappa shape index (κ2) is 8.98. The Morgan fingerprint density at radius 3 is 2.27 bits per heavy atom. The molecule has 0 bridgehead atoms. The molecule has 2 aromatic carbocycles. The van der Waals surface area contributed by atoms with Gasteiger partial charge in [0.15, 0.2) is 14.9 Å². The minimum atomic E-state index is -3.51. The number of sulfone groups is 1. The molecule has 0 heterocycles. The molecule has 0 aliphatic carbocycles. The van der Waals surface area contributed by atoms with Crippen molar-refractivity contribution in [2.24, 2.45) is 0 Å². The Hall–Kier alpha value is -2.16. The Morgan fingerprint density at radius 2 is 1.65 bits per heavy atom. The number of carbonyl (C=O) groups is 1. The van der Waals surface area contributed by atoms with Gasteiger partial charge in [0.1, 0.15) is 0 Å². The van der Waals surface area contributed by atoms with Gasteiger partial charge in [-0.05, 0) is 55.5 Å². The van der Waals surface area contributed by atoms with Crippen molar-refractivity contribution in [3.05, 3.63) is 59.1 Å². The van der Waals surface area contributed by atoms with E-state index in [4.69, 9.17) is 23.8 Å². The van der Waals surface area contributed by atoms with Gasteiger partial charge in [-0.2, -0.15) is 0 Å². The maximum absolute atomic E-state index is 12.2. The van der Waals surface area contributed by atoms with Crippen LogP contribution in [-0.4, -0.2) is 25.2 Å². The first-order chi connectivity index (χ1) is 12.3. The molecule has 1 amide bonds. The first-order valence-electron chi connectivity index (χ1n) is 7.67. The Morgan fingerprint density at radius 1 is 1.04 bits per heavy atom. The highest BCUT2D eigenvalue weighted by Crippen LogP contribution is 2.14. The summed E-state index contributed by atoms with van der Waals surface area (Å²) in [7, 11) is -3.51. The van der Waals surface area contributed by atoms with Crippen LogP contribution in [0.3, 0.4) is 0 Å². The van der Waals surface area contributed by atoms with E-state index in [0.717, 1.165) is 5.56 Å². The molecule has 0 saturated heterocycles. The predicted octanol–water partition coefficient (Wildman–Crippen LogP) is 2.83. The summed E-state index contributed by atoms with van der Waals surface area (Å²) in [6.07, 6.45) is -0.188. The molecule has 9 heteroatoms. The molecule has 6 nitrogen and oxygen atoms in total. The number of hydrazine groups is 1. The minimum absolute atomic E-state index is 0.169. The van der Waals surface area contributed by atoms with Crippen LogP contribution in [0.2, 0.25) is 5.02 Å². The van der Waals surface area contributed by atoms with Crippen molar-refractivity contribution < 1.29 is 13.2 Å². The van der Waals surface area contributed by atoms with Crippen molar-refractivity contribution in [2.75, 3.05) is 11.1 Å². The third-order valence-corrected chi connectivity index (χ3v) is 5.58. The van der Waals surface area contributed by atoms with Gasteiger partial charge < -0.3 is 5.32 Å². The number of anilines is 1. The molecular formula is C17H18ClN3O3S2. The molecule has 3 N–H and O–H groups in total. The van der Waals surface area contributed by atoms with E-state index >= 15 is 0 Å². The lowest BCUT2D eigenvalue weighted by atomic mass is 10.2. The number of thiocarbonyl (C=S) groups is 1. The van der Waals surface area contributed by atoms with Crippen molar-refractivity contribution in [1.82, 2.24) is 10.9 Å². The van der Waals surface area contributed by atoms with Gasteiger partial charge in [0.25, 0.3) is 0 Å². The van der Waals surface area contributed by atoms with Crippen LogP contribution in [-0.2, 0) is 14.6 Å². The number of benzene rings is 2. The molecule has 0 aromatic heterocycles. The zero-order valence-corrected chi connectivity index (χ0v) is 16.3. The zero-order valence-electron chi connectivity index (χ0n) is 14.0. The quantitative estimate of drug-likeness (QED) is 0.518. The summed E-state index contributed by atoms with van der Waals surface area (Å²) in [5, 5.41) is 3.62. The normalized spacial score (nSPS) is 10.8. The van der Waals surface area contributed by atoms with E-state index in [-0.39, 0.29) is 22.2 Å². The van der Waals surface area contributed by atoms with Gasteiger partial charge in [0.05, 0.1) is 10.6 Å². The number of nitrogens with one attached hydrogen (secondary N) is 3. The topological polar surface area (TPSA) is 87.3 Å². The van der Waals surface area contributed by atoms with Gasteiger partial charge in [-0.25, -0.2) is 8.42 Å². The van der Waals surface area contributed by atoms with Gasteiger partial charge >= 0.3 is 0 Å². The fourth-order valence-corrected chi connectivity index (χ4v) is 3.51. The lowest BCUT2D eigenvalue weighted by molar-refractivity contribution is -0.121. The van der Waals surface area contributed by atoms with Gasteiger partial charge in [0.2, 0.25) is 5.91 Å². The third-order valence-electron chi connectivity index (χ3n) is 3.40. The SMILES string of the molecule is Cc1ccc(S(=O)(=O)CCC(=O)NNC(=S)Nc2ccc(Cl)cc2)cc1. The van der Waals surface area contributed by atoms with Crippen molar-refractivity contribution in [2.45, 2.75) is 18.2 Å². The number of hydrogen-bond donors (Lipinski definition) is 3. The summed E-state index contributed by atoms with van der Waals surface area (Å²) in [5.74, 6) is -0.776. The molecule has 138 valence electrons. The molecule has 0 radical (unpaired) electrons.